The van der Waals surface area contributed by atoms with Crippen molar-refractivity contribution < 1.29 is 9.53 Å². The molecular weight excluding hydrogens is 380 g/mol. The molecule has 0 spiro atoms. The van der Waals surface area contributed by atoms with Crippen molar-refractivity contribution in [3.8, 4) is 17.1 Å². The Morgan fingerprint density at radius 3 is 2.40 bits per heavy atom. The Balaban J connectivity index is 1.44. The first-order chi connectivity index (χ1) is 14.5. The summed E-state index contributed by atoms with van der Waals surface area (Å²) in [6.07, 6.45) is 5.48. The van der Waals surface area contributed by atoms with Crippen molar-refractivity contribution in [2.45, 2.75) is 20.4 Å². The van der Waals surface area contributed by atoms with E-state index in [4.69, 9.17) is 4.74 Å². The highest BCUT2D eigenvalue weighted by Gasteiger charge is 2.23. The van der Waals surface area contributed by atoms with Crippen molar-refractivity contribution in [3.63, 3.8) is 0 Å². The topological polar surface area (TPSA) is 76.4 Å². The zero-order valence-electron chi connectivity index (χ0n) is 17.6. The molecule has 1 aliphatic rings. The Morgan fingerprint density at radius 1 is 1.07 bits per heavy atom. The second-order valence-corrected chi connectivity index (χ2v) is 7.40. The van der Waals surface area contributed by atoms with Gasteiger partial charge in [0.1, 0.15) is 12.4 Å². The third kappa shape index (κ3) is 4.12. The van der Waals surface area contributed by atoms with Crippen LogP contribution in [0.4, 0.5) is 5.69 Å². The van der Waals surface area contributed by atoms with Crippen molar-refractivity contribution in [2.24, 2.45) is 0 Å². The molecule has 0 aliphatic carbocycles. The zero-order chi connectivity index (χ0) is 21.1. The van der Waals surface area contributed by atoms with Gasteiger partial charge in [0.25, 0.3) is 0 Å². The van der Waals surface area contributed by atoms with Gasteiger partial charge in [-0.05, 0) is 19.9 Å². The monoisotopic (exact) mass is 406 g/mol. The summed E-state index contributed by atoms with van der Waals surface area (Å²) in [6, 6.07) is 8.58. The predicted octanol–water partition coefficient (Wildman–Crippen LogP) is 2.31. The van der Waals surface area contributed by atoms with Gasteiger partial charge in [0.2, 0.25) is 5.91 Å². The van der Waals surface area contributed by atoms with Gasteiger partial charge in [-0.3, -0.25) is 4.79 Å². The van der Waals surface area contributed by atoms with E-state index < -0.39 is 0 Å². The third-order valence-electron chi connectivity index (χ3n) is 5.40. The van der Waals surface area contributed by atoms with E-state index >= 15 is 0 Å². The summed E-state index contributed by atoms with van der Waals surface area (Å²) in [7, 11) is 1.55. The van der Waals surface area contributed by atoms with Gasteiger partial charge in [-0.2, -0.15) is 0 Å². The number of aromatic nitrogens is 4. The zero-order valence-corrected chi connectivity index (χ0v) is 17.6. The molecular formula is C22H26N6O2. The first-order valence-corrected chi connectivity index (χ1v) is 10.0. The van der Waals surface area contributed by atoms with Crippen LogP contribution in [0.2, 0.25) is 0 Å². The highest BCUT2D eigenvalue weighted by molar-refractivity contribution is 5.79. The minimum atomic E-state index is 0.131. The normalized spacial score (nSPS) is 14.1. The Hall–Kier alpha value is -3.42. The maximum Gasteiger partial charge on any atom is 0.316 e. The lowest BCUT2D eigenvalue weighted by atomic mass is 10.1. The van der Waals surface area contributed by atoms with E-state index in [1.54, 1.807) is 19.5 Å². The molecule has 3 heterocycles. The fourth-order valence-corrected chi connectivity index (χ4v) is 3.82. The van der Waals surface area contributed by atoms with Crippen LogP contribution >= 0.6 is 0 Å². The molecule has 0 N–H and O–H groups in total. The summed E-state index contributed by atoms with van der Waals surface area (Å²) in [4.78, 5) is 29.8. The van der Waals surface area contributed by atoms with E-state index in [1.165, 1.54) is 0 Å². The first-order valence-electron chi connectivity index (χ1n) is 10.0. The van der Waals surface area contributed by atoms with Crippen molar-refractivity contribution in [2.75, 3.05) is 38.2 Å². The highest BCUT2D eigenvalue weighted by Crippen LogP contribution is 2.31. The number of amides is 1. The molecule has 0 atom stereocenters. The largest absolute Gasteiger partial charge is 0.467 e. The number of hydrogen-bond acceptors (Lipinski definition) is 6. The number of hydrogen-bond donors (Lipinski definition) is 0. The van der Waals surface area contributed by atoms with Crippen molar-refractivity contribution in [3.05, 3.63) is 54.4 Å². The van der Waals surface area contributed by atoms with E-state index in [9.17, 15) is 4.79 Å². The van der Waals surface area contributed by atoms with E-state index in [1.807, 2.05) is 41.6 Å². The number of para-hydroxylation sites is 1. The molecule has 0 saturated carbocycles. The number of carbonyl (C=O) groups excluding carboxylic acids is 1. The Labute approximate surface area is 176 Å². The molecule has 1 fully saturated rings. The lowest BCUT2D eigenvalue weighted by Crippen LogP contribution is -2.49. The average molecular weight is 406 g/mol. The molecule has 1 aromatic carbocycles. The van der Waals surface area contributed by atoms with Crippen LogP contribution in [0.3, 0.4) is 0 Å². The smallest absolute Gasteiger partial charge is 0.316 e. The van der Waals surface area contributed by atoms with E-state index in [-0.39, 0.29) is 5.91 Å². The first kappa shape index (κ1) is 19.9. The fourth-order valence-electron chi connectivity index (χ4n) is 3.82. The molecule has 156 valence electrons. The molecule has 1 saturated heterocycles. The van der Waals surface area contributed by atoms with Gasteiger partial charge in [-0.1, -0.05) is 18.2 Å². The van der Waals surface area contributed by atoms with Crippen LogP contribution in [-0.4, -0.2) is 63.6 Å². The number of nitrogens with zero attached hydrogens (tertiary/aromatic N) is 6. The quantitative estimate of drug-likeness (QED) is 0.647. The number of benzene rings is 1. The minimum absolute atomic E-state index is 0.131. The van der Waals surface area contributed by atoms with Gasteiger partial charge >= 0.3 is 6.01 Å². The van der Waals surface area contributed by atoms with Gasteiger partial charge in [0, 0.05) is 61.6 Å². The average Bonchev–Trinajstić information content (AvgIpc) is 3.10. The molecule has 2 aromatic heterocycles. The summed E-state index contributed by atoms with van der Waals surface area (Å²) >= 11 is 0. The van der Waals surface area contributed by atoms with Gasteiger partial charge in [0.15, 0.2) is 0 Å². The van der Waals surface area contributed by atoms with Crippen LogP contribution in [0, 0.1) is 13.8 Å². The van der Waals surface area contributed by atoms with Crippen molar-refractivity contribution in [1.29, 1.82) is 0 Å². The van der Waals surface area contributed by atoms with Crippen LogP contribution < -0.4 is 9.64 Å². The number of aryl methyl sites for hydroxylation is 2. The number of anilines is 1. The molecule has 0 radical (unpaired) electrons. The molecule has 0 bridgehead atoms. The van der Waals surface area contributed by atoms with Gasteiger partial charge in [-0.25, -0.2) is 15.0 Å². The standard InChI is InChI=1S/C22H26N6O2/c1-16-14-28(17(2)25-16)15-21(29)27-10-8-26(9-11-27)20-7-5-4-6-19(20)18-12-23-22(30-3)24-13-18/h4-7,12-14H,8-11,15H2,1-3H3. The number of carbonyl (C=O) groups is 1. The molecule has 30 heavy (non-hydrogen) atoms. The summed E-state index contributed by atoms with van der Waals surface area (Å²) in [6.45, 7) is 7.16. The van der Waals surface area contributed by atoms with Crippen LogP contribution in [-0.2, 0) is 11.3 Å². The summed E-state index contributed by atoms with van der Waals surface area (Å²) < 4.78 is 6.98. The number of imidazole rings is 1. The number of rotatable bonds is 5. The molecule has 4 rings (SSSR count). The molecule has 8 heteroatoms. The number of piperazine rings is 1. The van der Waals surface area contributed by atoms with E-state index in [2.05, 4.69) is 32.0 Å². The van der Waals surface area contributed by atoms with Gasteiger partial charge < -0.3 is 19.1 Å². The second-order valence-electron chi connectivity index (χ2n) is 7.40. The van der Waals surface area contributed by atoms with Crippen LogP contribution in [0.15, 0.2) is 42.9 Å². The fraction of sp³-hybridized carbons (Fsp3) is 0.364. The highest BCUT2D eigenvalue weighted by atomic mass is 16.5. The van der Waals surface area contributed by atoms with Crippen molar-refractivity contribution >= 4 is 11.6 Å². The third-order valence-corrected chi connectivity index (χ3v) is 5.40. The lowest BCUT2D eigenvalue weighted by Gasteiger charge is -2.37. The molecule has 0 unspecified atom stereocenters. The maximum absolute atomic E-state index is 12.8. The minimum Gasteiger partial charge on any atom is -0.467 e. The summed E-state index contributed by atoms with van der Waals surface area (Å²) in [5.74, 6) is 1.00. The molecule has 1 amide bonds. The van der Waals surface area contributed by atoms with E-state index in [0.29, 0.717) is 25.6 Å². The molecule has 1 aliphatic heterocycles. The van der Waals surface area contributed by atoms with Crippen LogP contribution in [0.25, 0.3) is 11.1 Å². The summed E-state index contributed by atoms with van der Waals surface area (Å²) in [5.41, 5.74) is 4.07. The molecule has 8 nitrogen and oxygen atoms in total. The molecule has 3 aromatic rings. The summed E-state index contributed by atoms with van der Waals surface area (Å²) in [5, 5.41) is 0. The Kier molecular flexibility index (Phi) is 5.65. The number of ether oxygens (including phenoxy) is 1. The number of methoxy groups -OCH3 is 1. The Morgan fingerprint density at radius 2 is 1.77 bits per heavy atom. The van der Waals surface area contributed by atoms with E-state index in [0.717, 1.165) is 41.4 Å². The Bertz CT molecular complexity index is 1020. The van der Waals surface area contributed by atoms with Crippen LogP contribution in [0.1, 0.15) is 11.5 Å². The SMILES string of the molecule is COc1ncc(-c2ccccc2N2CCN(C(=O)Cn3cc(C)nc3C)CC2)cn1. The van der Waals surface area contributed by atoms with Gasteiger partial charge in [0.05, 0.1) is 12.8 Å². The van der Waals surface area contributed by atoms with Gasteiger partial charge in [-0.15, -0.1) is 0 Å². The maximum atomic E-state index is 12.8. The predicted molar refractivity (Wildman–Crippen MR) is 115 cm³/mol. The van der Waals surface area contributed by atoms with Crippen LogP contribution in [0.5, 0.6) is 6.01 Å². The lowest BCUT2D eigenvalue weighted by molar-refractivity contribution is -0.132. The van der Waals surface area contributed by atoms with Crippen molar-refractivity contribution in [1.82, 2.24) is 24.4 Å². The second kappa shape index (κ2) is 8.52.